The highest BCUT2D eigenvalue weighted by Gasteiger charge is 2.47. The molecule has 2 rings (SSSR count). The molecule has 0 fully saturated rings. The van der Waals surface area contributed by atoms with Gasteiger partial charge in [0.05, 0.1) is 4.90 Å². The molecule has 0 spiro atoms. The molecule has 0 aliphatic carbocycles. The molecule has 0 unspecified atom stereocenters. The van der Waals surface area contributed by atoms with Crippen molar-refractivity contribution in [3.63, 3.8) is 0 Å². The van der Waals surface area contributed by atoms with Gasteiger partial charge in [0.1, 0.15) is 11.4 Å². The van der Waals surface area contributed by atoms with Crippen LogP contribution in [0.25, 0.3) is 11.1 Å². The summed E-state index contributed by atoms with van der Waals surface area (Å²) < 4.78 is 72.9. The van der Waals surface area contributed by atoms with Gasteiger partial charge in [0.15, 0.2) is 6.61 Å². The summed E-state index contributed by atoms with van der Waals surface area (Å²) in [6.07, 6.45) is 0. The zero-order chi connectivity index (χ0) is 22.9. The number of ether oxygens (including phenoxy) is 2. The Morgan fingerprint density at radius 2 is 1.63 bits per heavy atom. The highest BCUT2D eigenvalue weighted by Crippen LogP contribution is 2.40. The maximum absolute atomic E-state index is 12.9. The molecule has 0 aliphatic rings. The van der Waals surface area contributed by atoms with Crippen LogP contribution in [0.15, 0.2) is 41.3 Å². The molecule has 0 atom stereocenters. The van der Waals surface area contributed by atoms with E-state index in [9.17, 15) is 26.4 Å². The molecule has 0 saturated carbocycles. The van der Waals surface area contributed by atoms with Crippen LogP contribution in [0.4, 0.5) is 13.2 Å². The quantitative estimate of drug-likeness (QED) is 0.511. The van der Waals surface area contributed by atoms with Crippen molar-refractivity contribution in [2.75, 3.05) is 6.61 Å². The minimum atomic E-state index is -5.60. The third-order valence-corrected chi connectivity index (χ3v) is 5.60. The molecular weight excluding hydrogens is 468 g/mol. The topological polar surface area (TPSA) is 69.7 Å². The third kappa shape index (κ3) is 5.80. The summed E-state index contributed by atoms with van der Waals surface area (Å²) in [7, 11) is -5.60. The smallest absolute Gasteiger partial charge is 0.481 e. The number of carbonyl (C=O) groups is 1. The minimum Gasteiger partial charge on any atom is -0.481 e. The van der Waals surface area contributed by atoms with Crippen LogP contribution >= 0.6 is 23.2 Å². The van der Waals surface area contributed by atoms with E-state index in [1.54, 1.807) is 20.8 Å². The Morgan fingerprint density at radius 1 is 1.00 bits per heavy atom. The number of rotatable bonds is 5. The number of benzene rings is 2. The van der Waals surface area contributed by atoms with Gasteiger partial charge in [0.2, 0.25) is 0 Å². The van der Waals surface area contributed by atoms with E-state index in [0.29, 0.717) is 0 Å². The van der Waals surface area contributed by atoms with Crippen molar-refractivity contribution < 1.29 is 35.9 Å². The SMILES string of the molecule is CC(C)(C)OC(=O)COc1ccc(Cl)cc1-c1cc(S(=O)(=O)C(F)(F)F)ccc1Cl. The number of carbonyl (C=O) groups excluding carboxylic acids is 1. The lowest BCUT2D eigenvalue weighted by molar-refractivity contribution is -0.157. The first kappa shape index (κ1) is 24.3. The van der Waals surface area contributed by atoms with Gasteiger partial charge < -0.3 is 9.47 Å². The van der Waals surface area contributed by atoms with Crippen LogP contribution in [-0.4, -0.2) is 32.1 Å². The maximum Gasteiger partial charge on any atom is 0.501 e. The Bertz CT molecular complexity index is 1060. The number of alkyl halides is 3. The lowest BCUT2D eigenvalue weighted by atomic mass is 10.0. The van der Waals surface area contributed by atoms with E-state index in [4.69, 9.17) is 32.7 Å². The first-order valence-electron chi connectivity index (χ1n) is 8.37. The molecule has 0 N–H and O–H groups in total. The Hall–Kier alpha value is -1.97. The Labute approximate surface area is 181 Å². The van der Waals surface area contributed by atoms with Gasteiger partial charge in [0, 0.05) is 21.2 Å². The van der Waals surface area contributed by atoms with E-state index >= 15 is 0 Å². The lowest BCUT2D eigenvalue weighted by Gasteiger charge is -2.20. The van der Waals surface area contributed by atoms with Crippen molar-refractivity contribution in [1.82, 2.24) is 0 Å². The molecular formula is C19H17Cl2F3O5S. The summed E-state index contributed by atoms with van der Waals surface area (Å²) in [5.74, 6) is -0.628. The number of halogens is 5. The maximum atomic E-state index is 12.9. The molecule has 0 heterocycles. The van der Waals surface area contributed by atoms with Crippen LogP contribution in [0.5, 0.6) is 5.75 Å². The fourth-order valence-corrected chi connectivity index (χ4v) is 3.54. The van der Waals surface area contributed by atoms with Gasteiger partial charge in [-0.05, 0) is 57.2 Å². The average molecular weight is 485 g/mol. The van der Waals surface area contributed by atoms with Crippen molar-refractivity contribution in [3.05, 3.63) is 46.4 Å². The molecule has 0 radical (unpaired) electrons. The van der Waals surface area contributed by atoms with Gasteiger partial charge in [0.25, 0.3) is 9.84 Å². The Morgan fingerprint density at radius 3 is 2.20 bits per heavy atom. The third-order valence-electron chi connectivity index (χ3n) is 3.55. The van der Waals surface area contributed by atoms with E-state index in [-0.39, 0.29) is 26.9 Å². The molecule has 164 valence electrons. The summed E-state index contributed by atoms with van der Waals surface area (Å²) in [5, 5.41) is 0.148. The van der Waals surface area contributed by atoms with Crippen molar-refractivity contribution in [3.8, 4) is 16.9 Å². The fourth-order valence-electron chi connectivity index (χ4n) is 2.36. The average Bonchev–Trinajstić information content (AvgIpc) is 2.58. The van der Waals surface area contributed by atoms with Crippen molar-refractivity contribution in [2.24, 2.45) is 0 Å². The van der Waals surface area contributed by atoms with E-state index in [0.717, 1.165) is 18.2 Å². The molecule has 0 bridgehead atoms. The summed E-state index contributed by atoms with van der Waals surface area (Å²) in [5.41, 5.74) is -6.19. The van der Waals surface area contributed by atoms with E-state index in [2.05, 4.69) is 0 Å². The molecule has 2 aromatic rings. The van der Waals surface area contributed by atoms with Gasteiger partial charge in [-0.3, -0.25) is 0 Å². The normalized spacial score (nSPS) is 12.5. The fraction of sp³-hybridized carbons (Fsp3) is 0.316. The molecule has 11 heteroatoms. The summed E-state index contributed by atoms with van der Waals surface area (Å²) >= 11 is 12.1. The molecule has 0 aliphatic heterocycles. The monoisotopic (exact) mass is 484 g/mol. The minimum absolute atomic E-state index is 0.0412. The number of sulfone groups is 1. The summed E-state index contributed by atoms with van der Waals surface area (Å²) in [4.78, 5) is 10.9. The van der Waals surface area contributed by atoms with E-state index in [1.165, 1.54) is 18.2 Å². The standard InChI is InChI=1S/C19H17Cl2F3O5S/c1-18(2,3)29-17(25)10-28-16-7-4-11(20)8-14(16)13-9-12(5-6-15(13)21)30(26,27)19(22,23)24/h4-9H,10H2,1-3H3. The van der Waals surface area contributed by atoms with Gasteiger partial charge in [-0.1, -0.05) is 23.2 Å². The Kier molecular flexibility index (Phi) is 7.00. The number of hydrogen-bond donors (Lipinski definition) is 0. The molecule has 0 aromatic heterocycles. The van der Waals surface area contributed by atoms with Crippen molar-refractivity contribution in [1.29, 1.82) is 0 Å². The Balaban J connectivity index is 2.48. The highest BCUT2D eigenvalue weighted by atomic mass is 35.5. The predicted octanol–water partition coefficient (Wildman–Crippen LogP) is 5.67. The van der Waals surface area contributed by atoms with Crippen LogP contribution < -0.4 is 4.74 Å². The van der Waals surface area contributed by atoms with Crippen LogP contribution in [-0.2, 0) is 19.4 Å². The van der Waals surface area contributed by atoms with Gasteiger partial charge >= 0.3 is 11.5 Å². The van der Waals surface area contributed by atoms with Crippen molar-refractivity contribution in [2.45, 2.75) is 36.8 Å². The van der Waals surface area contributed by atoms with Crippen LogP contribution in [0.3, 0.4) is 0 Å². The zero-order valence-electron chi connectivity index (χ0n) is 16.0. The van der Waals surface area contributed by atoms with E-state index in [1.807, 2.05) is 0 Å². The molecule has 0 amide bonds. The van der Waals surface area contributed by atoms with E-state index < -0.39 is 38.4 Å². The lowest BCUT2D eigenvalue weighted by Crippen LogP contribution is -2.27. The first-order valence-corrected chi connectivity index (χ1v) is 10.6. The van der Waals surface area contributed by atoms with Gasteiger partial charge in [-0.15, -0.1) is 0 Å². The largest absolute Gasteiger partial charge is 0.501 e. The molecule has 5 nitrogen and oxygen atoms in total. The van der Waals surface area contributed by atoms with Gasteiger partial charge in [-0.25, -0.2) is 13.2 Å². The predicted molar refractivity (Wildman–Crippen MR) is 106 cm³/mol. The second-order valence-corrected chi connectivity index (χ2v) is 9.89. The molecule has 30 heavy (non-hydrogen) atoms. The number of hydrogen-bond acceptors (Lipinski definition) is 5. The van der Waals surface area contributed by atoms with Gasteiger partial charge in [-0.2, -0.15) is 13.2 Å². The summed E-state index contributed by atoms with van der Waals surface area (Å²) in [6, 6.07) is 6.69. The summed E-state index contributed by atoms with van der Waals surface area (Å²) in [6.45, 7) is 4.52. The van der Waals surface area contributed by atoms with Crippen LogP contribution in [0.2, 0.25) is 10.0 Å². The van der Waals surface area contributed by atoms with Crippen molar-refractivity contribution >= 4 is 39.0 Å². The first-order chi connectivity index (χ1) is 13.6. The van der Waals surface area contributed by atoms with Crippen LogP contribution in [0.1, 0.15) is 20.8 Å². The zero-order valence-corrected chi connectivity index (χ0v) is 18.3. The van der Waals surface area contributed by atoms with Crippen LogP contribution in [0, 0.1) is 0 Å². The number of esters is 1. The second-order valence-electron chi connectivity index (χ2n) is 7.11. The molecule has 0 saturated heterocycles. The molecule has 2 aromatic carbocycles. The second kappa shape index (κ2) is 8.64. The highest BCUT2D eigenvalue weighted by molar-refractivity contribution is 7.92.